The van der Waals surface area contributed by atoms with Crippen molar-refractivity contribution in [1.82, 2.24) is 19.9 Å². The first-order valence-electron chi connectivity index (χ1n) is 9.06. The van der Waals surface area contributed by atoms with Crippen LogP contribution < -0.4 is 5.32 Å². The van der Waals surface area contributed by atoms with Gasteiger partial charge in [0, 0.05) is 49.9 Å². The lowest BCUT2D eigenvalue weighted by Gasteiger charge is -2.17. The Hall–Kier alpha value is -2.99. The summed E-state index contributed by atoms with van der Waals surface area (Å²) in [5, 5.41) is 3.89. The van der Waals surface area contributed by atoms with Gasteiger partial charge in [-0.05, 0) is 48.2 Å². The largest absolute Gasteiger partial charge is 0.354 e. The van der Waals surface area contributed by atoms with E-state index in [9.17, 15) is 4.79 Å². The summed E-state index contributed by atoms with van der Waals surface area (Å²) in [7, 11) is 1.78. The molecule has 144 valence electrons. The van der Waals surface area contributed by atoms with E-state index < -0.39 is 0 Å². The van der Waals surface area contributed by atoms with Gasteiger partial charge in [0.15, 0.2) is 0 Å². The first kappa shape index (κ1) is 19.8. The van der Waals surface area contributed by atoms with Gasteiger partial charge in [-0.1, -0.05) is 23.7 Å². The van der Waals surface area contributed by atoms with Gasteiger partial charge in [-0.3, -0.25) is 9.78 Å². The Morgan fingerprint density at radius 3 is 2.54 bits per heavy atom. The fourth-order valence-electron chi connectivity index (χ4n) is 2.71. The lowest BCUT2D eigenvalue weighted by atomic mass is 10.1. The van der Waals surface area contributed by atoms with Gasteiger partial charge >= 0.3 is 0 Å². The lowest BCUT2D eigenvalue weighted by Crippen LogP contribution is -2.29. The van der Waals surface area contributed by atoms with Crippen molar-refractivity contribution in [3.05, 3.63) is 82.9 Å². The van der Waals surface area contributed by atoms with Crippen molar-refractivity contribution in [2.75, 3.05) is 25.5 Å². The molecular formula is C21H22ClN5O. The fourth-order valence-corrected chi connectivity index (χ4v) is 2.92. The average molecular weight is 396 g/mol. The molecule has 0 saturated carbocycles. The highest BCUT2D eigenvalue weighted by Gasteiger charge is 2.12. The van der Waals surface area contributed by atoms with Crippen LogP contribution in [0.1, 0.15) is 21.5 Å². The number of carbonyl (C=O) groups excluding carboxylic acids is 1. The molecule has 0 aliphatic heterocycles. The predicted molar refractivity (Wildman–Crippen MR) is 111 cm³/mol. The molecule has 3 aromatic rings. The quantitative estimate of drug-likeness (QED) is 0.632. The molecule has 0 aliphatic carbocycles. The highest BCUT2D eigenvalue weighted by molar-refractivity contribution is 6.30. The molecule has 0 aliphatic rings. The maximum atomic E-state index is 12.5. The summed E-state index contributed by atoms with van der Waals surface area (Å²) in [5.41, 5.74) is 2.75. The molecule has 0 bridgehead atoms. The molecule has 1 amide bonds. The van der Waals surface area contributed by atoms with Crippen LogP contribution in [0.4, 0.5) is 5.95 Å². The molecule has 7 heteroatoms. The van der Waals surface area contributed by atoms with Gasteiger partial charge < -0.3 is 10.2 Å². The maximum absolute atomic E-state index is 12.5. The molecule has 0 spiro atoms. The molecule has 1 aromatic carbocycles. The number of hydrogen-bond acceptors (Lipinski definition) is 5. The van der Waals surface area contributed by atoms with Gasteiger partial charge in [0.1, 0.15) is 0 Å². The zero-order valence-electron chi connectivity index (χ0n) is 15.7. The lowest BCUT2D eigenvalue weighted by molar-refractivity contribution is 0.0796. The third kappa shape index (κ3) is 5.76. The Morgan fingerprint density at radius 2 is 1.82 bits per heavy atom. The average Bonchev–Trinajstić information content (AvgIpc) is 2.73. The van der Waals surface area contributed by atoms with Gasteiger partial charge in [0.05, 0.1) is 5.56 Å². The van der Waals surface area contributed by atoms with Crippen LogP contribution in [0.2, 0.25) is 5.02 Å². The van der Waals surface area contributed by atoms with Crippen molar-refractivity contribution in [2.24, 2.45) is 0 Å². The van der Waals surface area contributed by atoms with E-state index in [1.165, 1.54) is 0 Å². The normalized spacial score (nSPS) is 10.5. The van der Waals surface area contributed by atoms with Crippen LogP contribution in [0.3, 0.4) is 0 Å². The van der Waals surface area contributed by atoms with Gasteiger partial charge in [-0.15, -0.1) is 0 Å². The van der Waals surface area contributed by atoms with E-state index in [2.05, 4.69) is 20.3 Å². The monoisotopic (exact) mass is 395 g/mol. The van der Waals surface area contributed by atoms with Crippen LogP contribution in [-0.2, 0) is 12.8 Å². The molecular weight excluding hydrogens is 374 g/mol. The standard InChI is InChI=1S/C21H22ClN5O/c1-27(12-8-16-5-9-23-10-6-16)20(28)18-14-25-21(26-15-18)24-11-7-17-3-2-4-19(22)13-17/h2-6,9-10,13-15H,7-8,11-12H2,1H3,(H,24,25,26). The second-order valence-electron chi connectivity index (χ2n) is 6.43. The van der Waals surface area contributed by atoms with Gasteiger partial charge in [-0.25, -0.2) is 9.97 Å². The minimum atomic E-state index is -0.0977. The number of hydrogen-bond donors (Lipinski definition) is 1. The minimum Gasteiger partial charge on any atom is -0.354 e. The Morgan fingerprint density at radius 1 is 1.07 bits per heavy atom. The number of likely N-dealkylation sites (N-methyl/N-ethyl adjacent to an activating group) is 1. The SMILES string of the molecule is CN(CCc1ccncc1)C(=O)c1cnc(NCCc2cccc(Cl)c2)nc1. The summed E-state index contributed by atoms with van der Waals surface area (Å²) >= 11 is 5.99. The fraction of sp³-hybridized carbons (Fsp3) is 0.238. The smallest absolute Gasteiger partial charge is 0.256 e. The predicted octanol–water partition coefficient (Wildman–Crippen LogP) is 3.49. The second kappa shape index (κ2) is 9.80. The molecule has 0 saturated heterocycles. The number of rotatable bonds is 8. The highest BCUT2D eigenvalue weighted by Crippen LogP contribution is 2.11. The Labute approximate surface area is 169 Å². The van der Waals surface area contributed by atoms with E-state index in [0.29, 0.717) is 24.6 Å². The van der Waals surface area contributed by atoms with Crippen molar-refractivity contribution in [1.29, 1.82) is 0 Å². The highest BCUT2D eigenvalue weighted by atomic mass is 35.5. The molecule has 0 atom stereocenters. The van der Waals surface area contributed by atoms with Crippen LogP contribution in [0.25, 0.3) is 0 Å². The first-order chi connectivity index (χ1) is 13.6. The van der Waals surface area contributed by atoms with Crippen molar-refractivity contribution >= 4 is 23.5 Å². The molecule has 0 unspecified atom stereocenters. The van der Waals surface area contributed by atoms with Crippen LogP contribution in [0.15, 0.2) is 61.2 Å². The molecule has 0 fully saturated rings. The van der Waals surface area contributed by atoms with Crippen LogP contribution in [0, 0.1) is 0 Å². The molecule has 6 nitrogen and oxygen atoms in total. The number of benzene rings is 1. The number of nitrogens with zero attached hydrogens (tertiary/aromatic N) is 4. The molecule has 1 N–H and O–H groups in total. The van der Waals surface area contributed by atoms with Gasteiger partial charge in [0.2, 0.25) is 5.95 Å². The molecule has 3 rings (SSSR count). The Kier molecular flexibility index (Phi) is 6.92. The van der Waals surface area contributed by atoms with Crippen molar-refractivity contribution in [2.45, 2.75) is 12.8 Å². The van der Waals surface area contributed by atoms with Crippen molar-refractivity contribution in [3.8, 4) is 0 Å². The summed E-state index contributed by atoms with van der Waals surface area (Å²) in [6, 6.07) is 11.6. The van der Waals surface area contributed by atoms with E-state index in [0.717, 1.165) is 29.0 Å². The van der Waals surface area contributed by atoms with Gasteiger partial charge in [0.25, 0.3) is 5.91 Å². The second-order valence-corrected chi connectivity index (χ2v) is 6.87. The summed E-state index contributed by atoms with van der Waals surface area (Å²) in [5.74, 6) is 0.401. The molecule has 2 heterocycles. The van der Waals surface area contributed by atoms with E-state index in [-0.39, 0.29) is 5.91 Å². The topological polar surface area (TPSA) is 71.0 Å². The zero-order chi connectivity index (χ0) is 19.8. The molecule has 0 radical (unpaired) electrons. The third-order valence-electron chi connectivity index (χ3n) is 4.32. The maximum Gasteiger partial charge on any atom is 0.256 e. The van der Waals surface area contributed by atoms with E-state index >= 15 is 0 Å². The third-order valence-corrected chi connectivity index (χ3v) is 4.55. The van der Waals surface area contributed by atoms with Crippen LogP contribution in [-0.4, -0.2) is 45.9 Å². The first-order valence-corrected chi connectivity index (χ1v) is 9.44. The summed E-state index contributed by atoms with van der Waals surface area (Å²) in [6.45, 7) is 1.29. The van der Waals surface area contributed by atoms with Crippen molar-refractivity contribution < 1.29 is 4.79 Å². The summed E-state index contributed by atoms with van der Waals surface area (Å²) in [4.78, 5) is 26.7. The summed E-state index contributed by atoms with van der Waals surface area (Å²) in [6.07, 6.45) is 8.20. The number of anilines is 1. The van der Waals surface area contributed by atoms with Crippen LogP contribution in [0.5, 0.6) is 0 Å². The Balaban J connectivity index is 1.48. The van der Waals surface area contributed by atoms with Gasteiger partial charge in [-0.2, -0.15) is 0 Å². The number of pyridine rings is 1. The summed E-state index contributed by atoms with van der Waals surface area (Å²) < 4.78 is 0. The van der Waals surface area contributed by atoms with E-state index in [1.807, 2.05) is 36.4 Å². The van der Waals surface area contributed by atoms with Crippen LogP contribution >= 0.6 is 11.6 Å². The number of carbonyl (C=O) groups is 1. The van der Waals surface area contributed by atoms with E-state index in [4.69, 9.17) is 11.6 Å². The number of aromatic nitrogens is 3. The van der Waals surface area contributed by atoms with E-state index in [1.54, 1.807) is 36.7 Å². The zero-order valence-corrected chi connectivity index (χ0v) is 16.4. The molecule has 2 aromatic heterocycles. The van der Waals surface area contributed by atoms with Crippen molar-refractivity contribution in [3.63, 3.8) is 0 Å². The molecule has 28 heavy (non-hydrogen) atoms. The minimum absolute atomic E-state index is 0.0977. The number of halogens is 1. The number of amides is 1. The number of nitrogens with one attached hydrogen (secondary N) is 1. The Bertz CT molecular complexity index is 902.